The average Bonchev–Trinajstić information content (AvgIpc) is 2.68. The van der Waals surface area contributed by atoms with E-state index in [1.807, 2.05) is 6.20 Å². The third-order valence-corrected chi connectivity index (χ3v) is 2.75. The number of halogens is 1. The van der Waals surface area contributed by atoms with Gasteiger partial charge in [0.25, 0.3) is 0 Å². The van der Waals surface area contributed by atoms with Crippen molar-refractivity contribution in [3.8, 4) is 0 Å². The Morgan fingerprint density at radius 1 is 1.64 bits per heavy atom. The highest BCUT2D eigenvalue weighted by atomic mass is 79.9. The van der Waals surface area contributed by atoms with E-state index in [4.69, 9.17) is 0 Å². The molecule has 0 amide bonds. The lowest BCUT2D eigenvalue weighted by Crippen LogP contribution is -1.91. The third kappa shape index (κ3) is 1.64. The maximum absolute atomic E-state index is 4.02. The lowest BCUT2D eigenvalue weighted by atomic mass is 10.1. The normalized spacial score (nSPS) is 17.2. The van der Waals surface area contributed by atoms with Gasteiger partial charge in [-0.15, -0.1) is 0 Å². The predicted octanol–water partition coefficient (Wildman–Crippen LogP) is 2.26. The van der Waals surface area contributed by atoms with Crippen LogP contribution < -0.4 is 0 Å². The van der Waals surface area contributed by atoms with Crippen molar-refractivity contribution in [1.82, 2.24) is 10.2 Å². The van der Waals surface area contributed by atoms with Crippen LogP contribution >= 0.6 is 15.9 Å². The van der Waals surface area contributed by atoms with Crippen LogP contribution in [0.1, 0.15) is 24.1 Å². The van der Waals surface area contributed by atoms with Gasteiger partial charge >= 0.3 is 0 Å². The number of alkyl halides is 1. The average molecular weight is 215 g/mol. The molecule has 1 aliphatic carbocycles. The van der Waals surface area contributed by atoms with Crippen LogP contribution in [0.4, 0.5) is 0 Å². The summed E-state index contributed by atoms with van der Waals surface area (Å²) in [5.74, 6) is 0.938. The van der Waals surface area contributed by atoms with Crippen LogP contribution in [0.3, 0.4) is 0 Å². The number of H-pyrrole nitrogens is 1. The smallest absolute Gasteiger partial charge is 0.0530 e. The molecule has 2 rings (SSSR count). The Kier molecular flexibility index (Phi) is 1.98. The van der Waals surface area contributed by atoms with Gasteiger partial charge in [0.2, 0.25) is 0 Å². The van der Waals surface area contributed by atoms with E-state index in [9.17, 15) is 0 Å². The van der Waals surface area contributed by atoms with Gasteiger partial charge in [0, 0.05) is 16.6 Å². The molecule has 1 saturated carbocycles. The maximum atomic E-state index is 4.02. The Hall–Kier alpha value is -0.310. The Bertz CT molecular complexity index is 240. The quantitative estimate of drug-likeness (QED) is 0.769. The lowest BCUT2D eigenvalue weighted by molar-refractivity contribution is 0.791. The summed E-state index contributed by atoms with van der Waals surface area (Å²) >= 11 is 3.44. The summed E-state index contributed by atoms with van der Waals surface area (Å²) < 4.78 is 0. The molecule has 1 aromatic rings. The van der Waals surface area contributed by atoms with Crippen LogP contribution in [0.15, 0.2) is 6.20 Å². The Morgan fingerprint density at radius 2 is 2.45 bits per heavy atom. The molecule has 11 heavy (non-hydrogen) atoms. The standard InChI is InChI=1S/C8H11BrN2/c9-4-7-5-10-11-8(7)3-6-1-2-6/h5-6H,1-4H2,(H,10,11). The number of hydrogen-bond donors (Lipinski definition) is 1. The van der Waals surface area contributed by atoms with Gasteiger partial charge in [-0.1, -0.05) is 15.9 Å². The molecular formula is C8H11BrN2. The fourth-order valence-corrected chi connectivity index (χ4v) is 1.72. The van der Waals surface area contributed by atoms with Crippen molar-refractivity contribution < 1.29 is 0 Å². The van der Waals surface area contributed by atoms with Crippen LogP contribution in [0.2, 0.25) is 0 Å². The molecule has 1 heterocycles. The van der Waals surface area contributed by atoms with E-state index in [-0.39, 0.29) is 0 Å². The summed E-state index contributed by atoms with van der Waals surface area (Å²) in [5.41, 5.74) is 2.64. The van der Waals surface area contributed by atoms with Gasteiger partial charge in [0.15, 0.2) is 0 Å². The fraction of sp³-hybridized carbons (Fsp3) is 0.625. The van der Waals surface area contributed by atoms with Gasteiger partial charge in [0.05, 0.1) is 6.20 Å². The zero-order valence-electron chi connectivity index (χ0n) is 6.31. The molecule has 0 unspecified atom stereocenters. The maximum Gasteiger partial charge on any atom is 0.0530 e. The fourth-order valence-electron chi connectivity index (χ4n) is 1.24. The molecule has 1 fully saturated rings. The van der Waals surface area contributed by atoms with Crippen molar-refractivity contribution >= 4 is 15.9 Å². The van der Waals surface area contributed by atoms with Crippen molar-refractivity contribution in [1.29, 1.82) is 0 Å². The molecule has 0 radical (unpaired) electrons. The molecular weight excluding hydrogens is 204 g/mol. The molecule has 0 aliphatic heterocycles. The van der Waals surface area contributed by atoms with E-state index in [2.05, 4.69) is 26.1 Å². The van der Waals surface area contributed by atoms with Crippen molar-refractivity contribution in [2.45, 2.75) is 24.6 Å². The van der Waals surface area contributed by atoms with Crippen molar-refractivity contribution in [3.05, 3.63) is 17.5 Å². The Balaban J connectivity index is 2.07. The van der Waals surface area contributed by atoms with E-state index in [1.54, 1.807) is 0 Å². The molecule has 0 bridgehead atoms. The monoisotopic (exact) mass is 214 g/mol. The van der Waals surface area contributed by atoms with E-state index in [0.29, 0.717) is 0 Å². The first kappa shape index (κ1) is 7.35. The molecule has 0 spiro atoms. The molecule has 1 aromatic heterocycles. The van der Waals surface area contributed by atoms with Gasteiger partial charge in [-0.25, -0.2) is 0 Å². The zero-order chi connectivity index (χ0) is 7.68. The minimum Gasteiger partial charge on any atom is -0.282 e. The van der Waals surface area contributed by atoms with E-state index in [1.165, 1.54) is 30.5 Å². The molecule has 3 heteroatoms. The predicted molar refractivity (Wildman–Crippen MR) is 47.6 cm³/mol. The third-order valence-electron chi connectivity index (χ3n) is 2.14. The Labute approximate surface area is 74.5 Å². The van der Waals surface area contributed by atoms with Gasteiger partial charge < -0.3 is 0 Å². The molecule has 0 atom stereocenters. The summed E-state index contributed by atoms with van der Waals surface area (Å²) in [6, 6.07) is 0. The number of nitrogens with zero attached hydrogens (tertiary/aromatic N) is 1. The number of rotatable bonds is 3. The van der Waals surface area contributed by atoms with Crippen molar-refractivity contribution in [2.75, 3.05) is 0 Å². The SMILES string of the molecule is BrCc1cn[nH]c1CC1CC1. The van der Waals surface area contributed by atoms with Gasteiger partial charge in [-0.2, -0.15) is 5.10 Å². The van der Waals surface area contributed by atoms with Crippen molar-refractivity contribution in [2.24, 2.45) is 5.92 Å². The molecule has 60 valence electrons. The summed E-state index contributed by atoms with van der Waals surface area (Å²) in [7, 11) is 0. The van der Waals surface area contributed by atoms with E-state index < -0.39 is 0 Å². The number of nitrogens with one attached hydrogen (secondary N) is 1. The second kappa shape index (κ2) is 2.97. The highest BCUT2D eigenvalue weighted by Crippen LogP contribution is 2.32. The zero-order valence-corrected chi connectivity index (χ0v) is 7.89. The highest BCUT2D eigenvalue weighted by Gasteiger charge is 2.23. The minimum atomic E-state index is 0.922. The topological polar surface area (TPSA) is 28.7 Å². The van der Waals surface area contributed by atoms with Crippen LogP contribution in [0.5, 0.6) is 0 Å². The summed E-state index contributed by atoms with van der Waals surface area (Å²) in [4.78, 5) is 0. The van der Waals surface area contributed by atoms with Crippen LogP contribution in [-0.4, -0.2) is 10.2 Å². The molecule has 1 aliphatic rings. The molecule has 2 nitrogen and oxygen atoms in total. The van der Waals surface area contributed by atoms with E-state index >= 15 is 0 Å². The number of aromatic nitrogens is 2. The first-order valence-corrected chi connectivity index (χ1v) is 5.09. The van der Waals surface area contributed by atoms with Crippen molar-refractivity contribution in [3.63, 3.8) is 0 Å². The number of hydrogen-bond acceptors (Lipinski definition) is 1. The second-order valence-electron chi connectivity index (χ2n) is 3.15. The summed E-state index contributed by atoms with van der Waals surface area (Å²) in [6.07, 6.45) is 5.91. The minimum absolute atomic E-state index is 0.922. The Morgan fingerprint density at radius 3 is 3.09 bits per heavy atom. The second-order valence-corrected chi connectivity index (χ2v) is 3.72. The molecule has 0 aromatic carbocycles. The summed E-state index contributed by atoms with van der Waals surface area (Å²) in [6.45, 7) is 0. The largest absolute Gasteiger partial charge is 0.282 e. The molecule has 0 saturated heterocycles. The van der Waals surface area contributed by atoms with Gasteiger partial charge in [0.1, 0.15) is 0 Å². The number of aromatic amines is 1. The highest BCUT2D eigenvalue weighted by molar-refractivity contribution is 9.08. The lowest BCUT2D eigenvalue weighted by Gasteiger charge is -1.96. The van der Waals surface area contributed by atoms with E-state index in [0.717, 1.165) is 11.2 Å². The van der Waals surface area contributed by atoms with Gasteiger partial charge in [-0.3, -0.25) is 5.10 Å². The van der Waals surface area contributed by atoms with Crippen LogP contribution in [-0.2, 0) is 11.8 Å². The first-order valence-electron chi connectivity index (χ1n) is 3.97. The summed E-state index contributed by atoms with van der Waals surface area (Å²) in [5, 5.41) is 7.99. The van der Waals surface area contributed by atoms with Gasteiger partial charge in [-0.05, 0) is 25.2 Å². The van der Waals surface area contributed by atoms with Crippen LogP contribution in [0, 0.1) is 5.92 Å². The van der Waals surface area contributed by atoms with Crippen LogP contribution in [0.25, 0.3) is 0 Å². The molecule has 1 N–H and O–H groups in total. The first-order chi connectivity index (χ1) is 5.40.